The van der Waals surface area contributed by atoms with Crippen molar-refractivity contribution in [2.24, 2.45) is 0 Å². The molecule has 0 aliphatic rings. The number of hydrogen-bond donors (Lipinski definition) is 3. The number of aryl methyl sites for hydroxylation is 3. The molecule has 29 heavy (non-hydrogen) atoms. The number of nitrogens with zero attached hydrogens (tertiary/aromatic N) is 4. The van der Waals surface area contributed by atoms with E-state index >= 15 is 0 Å². The van der Waals surface area contributed by atoms with Crippen molar-refractivity contribution < 1.29 is 9.53 Å². The number of benzene rings is 1. The summed E-state index contributed by atoms with van der Waals surface area (Å²) in [7, 11) is 1.61. The van der Waals surface area contributed by atoms with Crippen LogP contribution in [0, 0.1) is 20.8 Å². The second kappa shape index (κ2) is 9.05. The van der Waals surface area contributed by atoms with Crippen molar-refractivity contribution in [3.8, 4) is 11.6 Å². The van der Waals surface area contributed by atoms with Gasteiger partial charge in [0, 0.05) is 24.5 Å². The Morgan fingerprint density at radius 2 is 1.90 bits per heavy atom. The smallest absolute Gasteiger partial charge is 0.319 e. The second-order valence-corrected chi connectivity index (χ2v) is 6.60. The Labute approximate surface area is 169 Å². The molecule has 0 radical (unpaired) electrons. The summed E-state index contributed by atoms with van der Waals surface area (Å²) in [6, 6.07) is 10.9. The monoisotopic (exact) mass is 395 g/mol. The number of amides is 2. The van der Waals surface area contributed by atoms with Crippen molar-refractivity contribution in [3.63, 3.8) is 0 Å². The van der Waals surface area contributed by atoms with E-state index < -0.39 is 0 Å². The normalized spacial score (nSPS) is 10.5. The predicted octanol–water partition coefficient (Wildman–Crippen LogP) is 2.83. The van der Waals surface area contributed by atoms with Gasteiger partial charge in [-0.1, -0.05) is 0 Å². The highest BCUT2D eigenvalue weighted by atomic mass is 16.5. The van der Waals surface area contributed by atoms with Gasteiger partial charge < -0.3 is 20.7 Å². The van der Waals surface area contributed by atoms with Gasteiger partial charge in [-0.05, 0) is 62.7 Å². The number of ether oxygens (including phenoxy) is 1. The largest absolute Gasteiger partial charge is 0.497 e. The third kappa shape index (κ3) is 5.22. The predicted molar refractivity (Wildman–Crippen MR) is 112 cm³/mol. The molecule has 2 amide bonds. The fourth-order valence-electron chi connectivity index (χ4n) is 2.83. The number of carbonyl (C=O) groups is 1. The van der Waals surface area contributed by atoms with Gasteiger partial charge in [-0.25, -0.2) is 9.48 Å². The summed E-state index contributed by atoms with van der Waals surface area (Å²) in [6.07, 6.45) is 0. The van der Waals surface area contributed by atoms with Gasteiger partial charge >= 0.3 is 6.03 Å². The van der Waals surface area contributed by atoms with Crippen LogP contribution in [0.4, 0.5) is 16.3 Å². The summed E-state index contributed by atoms with van der Waals surface area (Å²) in [5.74, 6) is 2.04. The highest BCUT2D eigenvalue weighted by Crippen LogP contribution is 2.20. The summed E-state index contributed by atoms with van der Waals surface area (Å²) >= 11 is 0. The molecule has 0 fully saturated rings. The maximum Gasteiger partial charge on any atom is 0.319 e. The van der Waals surface area contributed by atoms with Crippen LogP contribution in [0.3, 0.4) is 0 Å². The summed E-state index contributed by atoms with van der Waals surface area (Å²) in [5.41, 5.74) is 3.60. The fourth-order valence-corrected chi connectivity index (χ4v) is 2.83. The second-order valence-electron chi connectivity index (χ2n) is 6.60. The van der Waals surface area contributed by atoms with Crippen molar-refractivity contribution in [3.05, 3.63) is 53.3 Å². The molecule has 0 aliphatic carbocycles. The summed E-state index contributed by atoms with van der Waals surface area (Å²) < 4.78 is 6.91. The first kappa shape index (κ1) is 20.1. The lowest BCUT2D eigenvalue weighted by atomic mass is 10.2. The zero-order valence-electron chi connectivity index (χ0n) is 17.0. The lowest BCUT2D eigenvalue weighted by molar-refractivity contribution is 0.252. The number of nitrogens with one attached hydrogen (secondary N) is 3. The van der Waals surface area contributed by atoms with E-state index in [-0.39, 0.29) is 6.03 Å². The first-order valence-corrected chi connectivity index (χ1v) is 9.27. The Balaban J connectivity index is 1.44. The Bertz CT molecular complexity index is 983. The van der Waals surface area contributed by atoms with Gasteiger partial charge in [0.05, 0.1) is 12.8 Å². The molecule has 0 aliphatic heterocycles. The third-order valence-corrected chi connectivity index (χ3v) is 4.28. The molecule has 152 valence electrons. The minimum Gasteiger partial charge on any atom is -0.497 e. The molecule has 9 heteroatoms. The van der Waals surface area contributed by atoms with Gasteiger partial charge in [-0.2, -0.15) is 5.10 Å². The van der Waals surface area contributed by atoms with Crippen LogP contribution in [0.5, 0.6) is 5.75 Å². The average Bonchev–Trinajstić information content (AvgIpc) is 3.05. The van der Waals surface area contributed by atoms with Gasteiger partial charge in [0.15, 0.2) is 5.82 Å². The quantitative estimate of drug-likeness (QED) is 0.531. The first-order chi connectivity index (χ1) is 14.0. The molecule has 3 aromatic rings. The molecular weight excluding hydrogens is 370 g/mol. The molecule has 2 heterocycles. The molecule has 0 saturated carbocycles. The number of aromatic nitrogens is 4. The standard InChI is InChI=1S/C20H25N7O2/c1-13-11-16(29-4)5-6-17(13)23-20(28)22-10-9-21-18-7-8-19(25-24-18)27-15(3)12-14(2)26-27/h5-8,11-12H,9-10H2,1-4H3,(H,21,24)(H2,22,23,28). The number of anilines is 2. The van der Waals surface area contributed by atoms with Crippen LogP contribution < -0.4 is 20.7 Å². The van der Waals surface area contributed by atoms with E-state index in [2.05, 4.69) is 31.2 Å². The van der Waals surface area contributed by atoms with Crippen LogP contribution >= 0.6 is 0 Å². The summed E-state index contributed by atoms with van der Waals surface area (Å²) in [5, 5.41) is 21.5. The Kier molecular flexibility index (Phi) is 6.28. The zero-order valence-corrected chi connectivity index (χ0v) is 17.0. The Hall–Kier alpha value is -3.62. The number of urea groups is 1. The molecule has 2 aromatic heterocycles. The fraction of sp³-hybridized carbons (Fsp3) is 0.300. The molecule has 0 saturated heterocycles. The van der Waals surface area contributed by atoms with Gasteiger partial charge in [-0.3, -0.25) is 0 Å². The van der Waals surface area contributed by atoms with Crippen LogP contribution in [-0.2, 0) is 0 Å². The van der Waals surface area contributed by atoms with E-state index in [1.165, 1.54) is 0 Å². The molecule has 9 nitrogen and oxygen atoms in total. The molecule has 0 spiro atoms. The van der Waals surface area contributed by atoms with Crippen molar-refractivity contribution in [1.82, 2.24) is 25.3 Å². The van der Waals surface area contributed by atoms with Crippen molar-refractivity contribution in [2.75, 3.05) is 30.8 Å². The minimum absolute atomic E-state index is 0.272. The maximum absolute atomic E-state index is 12.0. The Morgan fingerprint density at radius 1 is 1.07 bits per heavy atom. The molecule has 3 rings (SSSR count). The van der Waals surface area contributed by atoms with Crippen LogP contribution in [0.15, 0.2) is 36.4 Å². The average molecular weight is 395 g/mol. The molecule has 1 aromatic carbocycles. The third-order valence-electron chi connectivity index (χ3n) is 4.28. The van der Waals surface area contributed by atoms with Crippen LogP contribution in [0.2, 0.25) is 0 Å². The van der Waals surface area contributed by atoms with Crippen molar-refractivity contribution in [2.45, 2.75) is 20.8 Å². The van der Waals surface area contributed by atoms with E-state index in [1.54, 1.807) is 17.9 Å². The number of hydrogen-bond acceptors (Lipinski definition) is 6. The van der Waals surface area contributed by atoms with E-state index in [0.717, 1.165) is 28.4 Å². The van der Waals surface area contributed by atoms with E-state index in [1.807, 2.05) is 51.1 Å². The SMILES string of the molecule is COc1ccc(NC(=O)NCCNc2ccc(-n3nc(C)cc3C)nn2)c(C)c1. The van der Waals surface area contributed by atoms with E-state index in [0.29, 0.717) is 24.7 Å². The highest BCUT2D eigenvalue weighted by molar-refractivity contribution is 5.90. The van der Waals surface area contributed by atoms with Gasteiger partial charge in [0.1, 0.15) is 11.6 Å². The number of rotatable bonds is 7. The molecule has 0 bridgehead atoms. The number of carbonyl (C=O) groups excluding carboxylic acids is 1. The summed E-state index contributed by atoms with van der Waals surface area (Å²) in [6.45, 7) is 6.77. The van der Waals surface area contributed by atoms with Crippen molar-refractivity contribution >= 4 is 17.5 Å². The molecule has 0 unspecified atom stereocenters. The molecule has 0 atom stereocenters. The summed E-state index contributed by atoms with van der Waals surface area (Å²) in [4.78, 5) is 12.0. The van der Waals surface area contributed by atoms with Gasteiger partial charge in [-0.15, -0.1) is 10.2 Å². The van der Waals surface area contributed by atoms with E-state index in [9.17, 15) is 4.79 Å². The Morgan fingerprint density at radius 3 is 2.52 bits per heavy atom. The lowest BCUT2D eigenvalue weighted by Crippen LogP contribution is -2.33. The maximum atomic E-state index is 12.0. The zero-order chi connectivity index (χ0) is 20.8. The highest BCUT2D eigenvalue weighted by Gasteiger charge is 2.07. The molecular formula is C20H25N7O2. The van der Waals surface area contributed by atoms with Crippen LogP contribution in [0.25, 0.3) is 5.82 Å². The van der Waals surface area contributed by atoms with Gasteiger partial charge in [0.25, 0.3) is 0 Å². The van der Waals surface area contributed by atoms with Crippen molar-refractivity contribution in [1.29, 1.82) is 0 Å². The first-order valence-electron chi connectivity index (χ1n) is 9.27. The number of methoxy groups -OCH3 is 1. The van der Waals surface area contributed by atoms with E-state index in [4.69, 9.17) is 4.74 Å². The molecule has 3 N–H and O–H groups in total. The van der Waals surface area contributed by atoms with Gasteiger partial charge in [0.2, 0.25) is 0 Å². The van der Waals surface area contributed by atoms with Crippen LogP contribution in [0.1, 0.15) is 17.0 Å². The van der Waals surface area contributed by atoms with Crippen LogP contribution in [-0.4, -0.2) is 46.2 Å². The lowest BCUT2D eigenvalue weighted by Gasteiger charge is -2.11. The topological polar surface area (TPSA) is 106 Å². The minimum atomic E-state index is -0.272.